The molecule has 0 fully saturated rings. The maximum atomic E-state index is 12.0. The van der Waals surface area contributed by atoms with Gasteiger partial charge >= 0.3 is 0 Å². The van der Waals surface area contributed by atoms with Crippen molar-refractivity contribution in [3.8, 4) is 0 Å². The lowest BCUT2D eigenvalue weighted by molar-refractivity contribution is 0.0949. The Hall–Kier alpha value is -2.99. The fourth-order valence-electron chi connectivity index (χ4n) is 2.02. The third-order valence-electron chi connectivity index (χ3n) is 3.22. The van der Waals surface area contributed by atoms with Gasteiger partial charge in [0, 0.05) is 23.6 Å². The molecule has 1 N–H and O–H groups in total. The van der Waals surface area contributed by atoms with Crippen molar-refractivity contribution in [1.29, 1.82) is 0 Å². The van der Waals surface area contributed by atoms with Gasteiger partial charge in [-0.3, -0.25) is 14.5 Å². The first-order valence-corrected chi connectivity index (χ1v) is 7.60. The number of hydrazone groups is 1. The van der Waals surface area contributed by atoms with Crippen LogP contribution in [0.4, 0.5) is 0 Å². The minimum atomic E-state index is -0.366. The second-order valence-corrected chi connectivity index (χ2v) is 5.44. The largest absolute Gasteiger partial charge is 0.291 e. The summed E-state index contributed by atoms with van der Waals surface area (Å²) in [6.45, 7) is 0.560. The fourth-order valence-corrected chi connectivity index (χ4v) is 2.15. The van der Waals surface area contributed by atoms with E-state index in [1.807, 2.05) is 24.3 Å². The molecular weight excluding hydrogens is 326 g/mol. The average molecular weight is 340 g/mol. The average Bonchev–Trinajstić information content (AvgIpc) is 3.06. The number of halogens is 1. The molecule has 24 heavy (non-hydrogen) atoms. The molecular formula is C17H14ClN5O. The van der Waals surface area contributed by atoms with E-state index in [4.69, 9.17) is 11.6 Å². The molecule has 3 aromatic rings. The Balaban J connectivity index is 1.59. The zero-order valence-electron chi connectivity index (χ0n) is 12.6. The van der Waals surface area contributed by atoms with E-state index >= 15 is 0 Å². The van der Waals surface area contributed by atoms with E-state index in [9.17, 15) is 4.79 Å². The van der Waals surface area contributed by atoms with E-state index < -0.39 is 0 Å². The van der Waals surface area contributed by atoms with Crippen LogP contribution in [0.2, 0.25) is 5.02 Å². The van der Waals surface area contributed by atoms with Crippen LogP contribution in [0.15, 0.2) is 66.2 Å². The maximum Gasteiger partial charge on any atom is 0.291 e. The molecule has 0 saturated heterocycles. The second-order valence-electron chi connectivity index (χ2n) is 5.00. The Morgan fingerprint density at radius 3 is 2.67 bits per heavy atom. The Morgan fingerprint density at radius 1 is 1.17 bits per heavy atom. The van der Waals surface area contributed by atoms with Gasteiger partial charge in [-0.15, -0.1) is 0 Å². The summed E-state index contributed by atoms with van der Waals surface area (Å²) < 4.78 is 1.69. The number of rotatable bonds is 5. The van der Waals surface area contributed by atoms with E-state index in [2.05, 4.69) is 20.6 Å². The van der Waals surface area contributed by atoms with Crippen molar-refractivity contribution in [2.45, 2.75) is 6.54 Å². The quantitative estimate of drug-likeness (QED) is 0.574. The summed E-state index contributed by atoms with van der Waals surface area (Å²) in [4.78, 5) is 15.9. The van der Waals surface area contributed by atoms with E-state index in [1.54, 1.807) is 47.7 Å². The number of pyridine rings is 1. The van der Waals surface area contributed by atoms with E-state index in [0.29, 0.717) is 17.3 Å². The van der Waals surface area contributed by atoms with Gasteiger partial charge in [0.15, 0.2) is 5.69 Å². The molecule has 2 heterocycles. The van der Waals surface area contributed by atoms with Gasteiger partial charge in [-0.05, 0) is 41.5 Å². The van der Waals surface area contributed by atoms with Gasteiger partial charge in [0.25, 0.3) is 5.91 Å². The number of hydrogen-bond acceptors (Lipinski definition) is 4. The summed E-state index contributed by atoms with van der Waals surface area (Å²) in [5, 5.41) is 8.83. The molecule has 0 spiro atoms. The number of benzene rings is 1. The fraction of sp³-hybridized carbons (Fsp3) is 0.0588. The number of hydrogen-bond donors (Lipinski definition) is 1. The van der Waals surface area contributed by atoms with Gasteiger partial charge in [0.1, 0.15) is 0 Å². The van der Waals surface area contributed by atoms with E-state index in [0.717, 1.165) is 11.1 Å². The number of aromatic nitrogens is 3. The van der Waals surface area contributed by atoms with Crippen LogP contribution in [0.1, 0.15) is 21.6 Å². The summed E-state index contributed by atoms with van der Waals surface area (Å²) in [5.41, 5.74) is 4.64. The number of carbonyl (C=O) groups excluding carboxylic acids is 1. The third kappa shape index (κ3) is 4.27. The van der Waals surface area contributed by atoms with Gasteiger partial charge < -0.3 is 0 Å². The van der Waals surface area contributed by atoms with Crippen molar-refractivity contribution in [3.05, 3.63) is 82.9 Å². The molecule has 0 radical (unpaired) electrons. The van der Waals surface area contributed by atoms with Crippen LogP contribution in [-0.4, -0.2) is 26.9 Å². The lowest BCUT2D eigenvalue weighted by Crippen LogP contribution is -2.18. The molecule has 0 aliphatic carbocycles. The first-order chi connectivity index (χ1) is 11.7. The predicted octanol–water partition coefficient (Wildman–Crippen LogP) is 2.74. The van der Waals surface area contributed by atoms with Crippen LogP contribution in [0.3, 0.4) is 0 Å². The number of nitrogens with zero attached hydrogens (tertiary/aromatic N) is 4. The Morgan fingerprint density at radius 2 is 1.92 bits per heavy atom. The molecule has 1 amide bonds. The minimum absolute atomic E-state index is 0.302. The first-order valence-electron chi connectivity index (χ1n) is 7.22. The van der Waals surface area contributed by atoms with E-state index in [-0.39, 0.29) is 5.91 Å². The van der Waals surface area contributed by atoms with Gasteiger partial charge in [-0.2, -0.15) is 10.2 Å². The predicted molar refractivity (Wildman–Crippen MR) is 92.1 cm³/mol. The molecule has 2 aromatic heterocycles. The van der Waals surface area contributed by atoms with Crippen molar-refractivity contribution in [3.63, 3.8) is 0 Å². The molecule has 0 bridgehead atoms. The third-order valence-corrected chi connectivity index (χ3v) is 3.47. The lowest BCUT2D eigenvalue weighted by atomic mass is 10.2. The van der Waals surface area contributed by atoms with Crippen molar-refractivity contribution < 1.29 is 4.79 Å². The second kappa shape index (κ2) is 7.52. The Labute approximate surface area is 143 Å². The monoisotopic (exact) mass is 339 g/mol. The minimum Gasteiger partial charge on any atom is -0.268 e. The van der Waals surface area contributed by atoms with E-state index in [1.165, 1.54) is 0 Å². The SMILES string of the molecule is O=C(N/N=C/c1ccncc1)c1ccn(Cc2ccc(Cl)cc2)n1. The standard InChI is InChI=1S/C17H14ClN5O/c18-15-3-1-14(2-4-15)12-23-10-7-16(22-23)17(24)21-20-11-13-5-8-19-9-6-13/h1-11H,12H2,(H,21,24)/b20-11+. The van der Waals surface area contributed by atoms with Crippen LogP contribution >= 0.6 is 11.6 Å². The maximum absolute atomic E-state index is 12.0. The molecule has 0 atom stereocenters. The highest BCUT2D eigenvalue weighted by atomic mass is 35.5. The summed E-state index contributed by atoms with van der Waals surface area (Å²) in [6, 6.07) is 12.7. The zero-order valence-corrected chi connectivity index (χ0v) is 13.4. The molecule has 6 nitrogen and oxygen atoms in total. The number of carbonyl (C=O) groups is 1. The van der Waals surface area contributed by atoms with Crippen molar-refractivity contribution >= 4 is 23.7 Å². The molecule has 0 aliphatic rings. The summed E-state index contributed by atoms with van der Waals surface area (Å²) in [7, 11) is 0. The van der Waals surface area contributed by atoms with Crippen molar-refractivity contribution in [2.24, 2.45) is 5.10 Å². The van der Waals surface area contributed by atoms with Crippen molar-refractivity contribution in [1.82, 2.24) is 20.2 Å². The molecule has 0 aliphatic heterocycles. The van der Waals surface area contributed by atoms with Gasteiger partial charge in [0.2, 0.25) is 0 Å². The van der Waals surface area contributed by atoms with Crippen LogP contribution in [0, 0.1) is 0 Å². The molecule has 1 aromatic carbocycles. The summed E-state index contributed by atoms with van der Waals surface area (Å²) >= 11 is 5.86. The van der Waals surface area contributed by atoms with Gasteiger partial charge in [0.05, 0.1) is 12.8 Å². The van der Waals surface area contributed by atoms with Gasteiger partial charge in [-0.1, -0.05) is 23.7 Å². The smallest absolute Gasteiger partial charge is 0.268 e. The Bertz CT molecular complexity index is 843. The first kappa shape index (κ1) is 15.9. The highest BCUT2D eigenvalue weighted by Crippen LogP contribution is 2.10. The topological polar surface area (TPSA) is 72.2 Å². The Kier molecular flexibility index (Phi) is 4.98. The highest BCUT2D eigenvalue weighted by Gasteiger charge is 2.08. The molecule has 7 heteroatoms. The molecule has 0 unspecified atom stereocenters. The van der Waals surface area contributed by atoms with Crippen LogP contribution in [0.25, 0.3) is 0 Å². The summed E-state index contributed by atoms with van der Waals surface area (Å²) in [5.74, 6) is -0.366. The number of nitrogens with one attached hydrogen (secondary N) is 1. The van der Waals surface area contributed by atoms with Crippen LogP contribution in [0.5, 0.6) is 0 Å². The molecule has 3 rings (SSSR count). The van der Waals surface area contributed by atoms with Crippen LogP contribution < -0.4 is 5.43 Å². The lowest BCUT2D eigenvalue weighted by Gasteiger charge is -2.02. The number of amides is 1. The van der Waals surface area contributed by atoms with Crippen LogP contribution in [-0.2, 0) is 6.54 Å². The normalized spacial score (nSPS) is 10.9. The molecule has 0 saturated carbocycles. The highest BCUT2D eigenvalue weighted by molar-refractivity contribution is 6.30. The van der Waals surface area contributed by atoms with Gasteiger partial charge in [-0.25, -0.2) is 5.43 Å². The summed E-state index contributed by atoms with van der Waals surface area (Å²) in [6.07, 6.45) is 6.60. The van der Waals surface area contributed by atoms with Crippen molar-refractivity contribution in [2.75, 3.05) is 0 Å². The molecule has 120 valence electrons. The zero-order chi connectivity index (χ0) is 16.8.